The van der Waals surface area contributed by atoms with Crippen molar-refractivity contribution in [2.45, 2.75) is 13.3 Å². The molecule has 0 aliphatic heterocycles. The Balaban J connectivity index is 2.10. The first-order chi connectivity index (χ1) is 11.1. The van der Waals surface area contributed by atoms with Crippen molar-refractivity contribution in [3.8, 4) is 0 Å². The monoisotopic (exact) mass is 371 g/mol. The first-order valence-corrected chi connectivity index (χ1v) is 7.84. The topological polar surface area (TPSA) is 78.3 Å². The smallest absolute Gasteiger partial charge is 0.192 e. The molecule has 0 unspecified atom stereocenters. The predicted molar refractivity (Wildman–Crippen MR) is 93.3 cm³/mol. The second-order valence-corrected chi connectivity index (χ2v) is 5.99. The summed E-state index contributed by atoms with van der Waals surface area (Å²) in [7, 11) is 0. The molecule has 3 aromatic rings. The van der Waals surface area contributed by atoms with Crippen LogP contribution in [0.5, 0.6) is 0 Å². The summed E-state index contributed by atoms with van der Waals surface area (Å²) < 4.78 is 0.705. The maximum atomic E-state index is 12.5. The zero-order chi connectivity index (χ0) is 16.4. The van der Waals surface area contributed by atoms with Crippen molar-refractivity contribution in [2.75, 3.05) is 0 Å². The van der Waals surface area contributed by atoms with Crippen molar-refractivity contribution in [3.05, 3.63) is 74.2 Å². The van der Waals surface area contributed by atoms with Crippen LogP contribution in [0.2, 0.25) is 0 Å². The number of halogens is 1. The number of H-pyrrole nitrogens is 1. The molecule has 2 N–H and O–H groups in total. The number of nitrogens with zero attached hydrogens (tertiary/aromatic N) is 2. The van der Waals surface area contributed by atoms with Crippen molar-refractivity contribution in [2.24, 2.45) is 5.16 Å². The molecule has 0 aliphatic carbocycles. The molecule has 1 aromatic carbocycles. The molecule has 6 heteroatoms. The highest BCUT2D eigenvalue weighted by Gasteiger charge is 2.15. The number of pyridine rings is 2. The third-order valence-corrected chi connectivity index (χ3v) is 4.12. The van der Waals surface area contributed by atoms with Gasteiger partial charge in [-0.1, -0.05) is 23.4 Å². The predicted octanol–water partition coefficient (Wildman–Crippen LogP) is 3.42. The van der Waals surface area contributed by atoms with Crippen LogP contribution in [0.3, 0.4) is 0 Å². The normalized spacial score (nSPS) is 11.8. The zero-order valence-electron chi connectivity index (χ0n) is 12.4. The summed E-state index contributed by atoms with van der Waals surface area (Å²) in [6.45, 7) is 1.72. The molecule has 23 heavy (non-hydrogen) atoms. The van der Waals surface area contributed by atoms with Crippen LogP contribution >= 0.6 is 15.9 Å². The van der Waals surface area contributed by atoms with Crippen LogP contribution in [0.4, 0.5) is 0 Å². The maximum absolute atomic E-state index is 12.5. The molecule has 5 nitrogen and oxygen atoms in total. The number of hydrogen-bond donors (Lipinski definition) is 2. The molecule has 0 amide bonds. The minimum Gasteiger partial charge on any atom is -0.411 e. The minimum absolute atomic E-state index is 0.0716. The molecule has 0 fully saturated rings. The van der Waals surface area contributed by atoms with Gasteiger partial charge in [-0.3, -0.25) is 4.79 Å². The Bertz CT molecular complexity index is 963. The van der Waals surface area contributed by atoms with Crippen molar-refractivity contribution in [3.63, 3.8) is 0 Å². The molecule has 0 radical (unpaired) electrons. The fourth-order valence-electron chi connectivity index (χ4n) is 2.52. The summed E-state index contributed by atoms with van der Waals surface area (Å²) in [5, 5.41) is 13.4. The van der Waals surface area contributed by atoms with Gasteiger partial charge in [0.05, 0.1) is 5.69 Å². The summed E-state index contributed by atoms with van der Waals surface area (Å²) in [5.74, 6) is 0. The van der Waals surface area contributed by atoms with Gasteiger partial charge in [0.15, 0.2) is 5.43 Å². The molecule has 116 valence electrons. The van der Waals surface area contributed by atoms with Crippen molar-refractivity contribution in [1.29, 1.82) is 0 Å². The highest BCUT2D eigenvalue weighted by molar-refractivity contribution is 9.10. The second-order valence-electron chi connectivity index (χ2n) is 5.17. The van der Waals surface area contributed by atoms with Gasteiger partial charge in [-0.05, 0) is 47.1 Å². The third kappa shape index (κ3) is 3.03. The fourth-order valence-corrected chi connectivity index (χ4v) is 2.90. The van der Waals surface area contributed by atoms with Crippen LogP contribution in [0.1, 0.15) is 17.0 Å². The van der Waals surface area contributed by atoms with Crippen molar-refractivity contribution < 1.29 is 5.21 Å². The maximum Gasteiger partial charge on any atom is 0.192 e. The van der Waals surface area contributed by atoms with Crippen LogP contribution in [-0.2, 0) is 6.42 Å². The van der Waals surface area contributed by atoms with Gasteiger partial charge in [-0.25, -0.2) is 4.98 Å². The number of para-hydroxylation sites is 1. The Labute approximate surface area is 140 Å². The molecule has 0 atom stereocenters. The molecule has 0 bridgehead atoms. The summed E-state index contributed by atoms with van der Waals surface area (Å²) in [4.78, 5) is 20.0. The van der Waals surface area contributed by atoms with E-state index in [0.717, 1.165) is 5.69 Å². The lowest BCUT2D eigenvalue weighted by molar-refractivity contribution is 0.318. The molecular formula is C17H14BrN3O2. The van der Waals surface area contributed by atoms with Gasteiger partial charge in [0.1, 0.15) is 10.3 Å². The van der Waals surface area contributed by atoms with Crippen LogP contribution in [0, 0.1) is 6.92 Å². The lowest BCUT2D eigenvalue weighted by Gasteiger charge is -2.10. The van der Waals surface area contributed by atoms with Gasteiger partial charge in [0.2, 0.25) is 0 Å². The lowest BCUT2D eigenvalue weighted by Crippen LogP contribution is -2.18. The summed E-state index contributed by atoms with van der Waals surface area (Å²) in [6.07, 6.45) is 0.311. The zero-order valence-corrected chi connectivity index (χ0v) is 14.0. The SMILES string of the molecule is Cc1c(C(Cc2cccc(Br)n2)=NO)[nH]c2ccccc2c1=O. The Kier molecular flexibility index (Phi) is 4.25. The molecular weight excluding hydrogens is 358 g/mol. The van der Waals surface area contributed by atoms with Gasteiger partial charge in [-0.2, -0.15) is 0 Å². The summed E-state index contributed by atoms with van der Waals surface area (Å²) in [5.41, 5.74) is 2.79. The van der Waals surface area contributed by atoms with Gasteiger partial charge in [0.25, 0.3) is 0 Å². The minimum atomic E-state index is -0.0716. The van der Waals surface area contributed by atoms with Crippen LogP contribution in [0.25, 0.3) is 10.9 Å². The molecule has 2 aromatic heterocycles. The number of aromatic amines is 1. The van der Waals surface area contributed by atoms with E-state index < -0.39 is 0 Å². The number of aromatic nitrogens is 2. The van der Waals surface area contributed by atoms with Gasteiger partial charge in [-0.15, -0.1) is 0 Å². The van der Waals surface area contributed by atoms with E-state index in [0.29, 0.717) is 38.9 Å². The first kappa shape index (κ1) is 15.4. The van der Waals surface area contributed by atoms with E-state index >= 15 is 0 Å². The number of fused-ring (bicyclic) bond motifs is 1. The van der Waals surface area contributed by atoms with E-state index in [2.05, 4.69) is 31.1 Å². The Morgan fingerprint density at radius 2 is 2.04 bits per heavy atom. The number of oxime groups is 1. The molecule has 2 heterocycles. The van der Waals surface area contributed by atoms with Crippen LogP contribution < -0.4 is 5.43 Å². The average Bonchev–Trinajstić information content (AvgIpc) is 2.56. The molecule has 0 aliphatic rings. The molecule has 0 saturated heterocycles. The average molecular weight is 372 g/mol. The third-order valence-electron chi connectivity index (χ3n) is 3.68. The van der Waals surface area contributed by atoms with E-state index in [9.17, 15) is 10.0 Å². The van der Waals surface area contributed by atoms with Gasteiger partial charge < -0.3 is 10.2 Å². The number of benzene rings is 1. The lowest BCUT2D eigenvalue weighted by atomic mass is 10.0. The highest BCUT2D eigenvalue weighted by atomic mass is 79.9. The quantitative estimate of drug-likeness (QED) is 0.320. The fraction of sp³-hybridized carbons (Fsp3) is 0.118. The Morgan fingerprint density at radius 1 is 1.26 bits per heavy atom. The number of rotatable bonds is 3. The van der Waals surface area contributed by atoms with E-state index in [4.69, 9.17) is 0 Å². The standard InChI is InChI=1S/C17H14BrN3O2/c1-10-16(20-13-7-3-2-6-12(13)17(10)22)14(21-23)9-11-5-4-8-15(18)19-11/h2-8,23H,9H2,1H3,(H,20,22). The van der Waals surface area contributed by atoms with Crippen LogP contribution in [0.15, 0.2) is 57.0 Å². The molecule has 3 rings (SSSR count). The van der Waals surface area contributed by atoms with Crippen LogP contribution in [-0.4, -0.2) is 20.9 Å². The van der Waals surface area contributed by atoms with E-state index in [-0.39, 0.29) is 5.43 Å². The first-order valence-electron chi connectivity index (χ1n) is 7.04. The summed E-state index contributed by atoms with van der Waals surface area (Å²) >= 11 is 3.32. The van der Waals surface area contributed by atoms with Crippen molar-refractivity contribution >= 4 is 32.5 Å². The van der Waals surface area contributed by atoms with Gasteiger partial charge in [0, 0.05) is 28.6 Å². The van der Waals surface area contributed by atoms with E-state index in [1.165, 1.54) is 0 Å². The number of nitrogens with one attached hydrogen (secondary N) is 1. The molecule has 0 spiro atoms. The summed E-state index contributed by atoms with van der Waals surface area (Å²) in [6, 6.07) is 12.8. The second kappa shape index (κ2) is 6.34. The van der Waals surface area contributed by atoms with Gasteiger partial charge >= 0.3 is 0 Å². The largest absolute Gasteiger partial charge is 0.411 e. The Hall–Kier alpha value is -2.47. The van der Waals surface area contributed by atoms with E-state index in [1.807, 2.05) is 36.4 Å². The van der Waals surface area contributed by atoms with E-state index in [1.54, 1.807) is 13.0 Å². The molecule has 0 saturated carbocycles. The highest BCUT2D eigenvalue weighted by Crippen LogP contribution is 2.14. The number of hydrogen-bond acceptors (Lipinski definition) is 4. The Morgan fingerprint density at radius 3 is 2.78 bits per heavy atom. The van der Waals surface area contributed by atoms with Crippen molar-refractivity contribution in [1.82, 2.24) is 9.97 Å².